The summed E-state index contributed by atoms with van der Waals surface area (Å²) >= 11 is 0. The van der Waals surface area contributed by atoms with E-state index in [1.54, 1.807) is 0 Å². The predicted molar refractivity (Wildman–Crippen MR) is 53.0 cm³/mol. The van der Waals surface area contributed by atoms with Gasteiger partial charge in [0, 0.05) is 6.54 Å². The quantitative estimate of drug-likeness (QED) is 0.706. The van der Waals surface area contributed by atoms with Gasteiger partial charge < -0.3 is 5.73 Å². The van der Waals surface area contributed by atoms with E-state index in [-0.39, 0.29) is 11.2 Å². The molecule has 0 heterocycles. The fraction of sp³-hybridized carbons (Fsp3) is 0.455. The molecule has 0 aromatic heterocycles. The minimum Gasteiger partial charge on any atom is -0.326 e. The van der Waals surface area contributed by atoms with Gasteiger partial charge in [0.15, 0.2) is 0 Å². The summed E-state index contributed by atoms with van der Waals surface area (Å²) in [5, 5.41) is 0. The van der Waals surface area contributed by atoms with E-state index in [1.807, 2.05) is 32.9 Å². The van der Waals surface area contributed by atoms with Crippen molar-refractivity contribution in [1.82, 2.24) is 0 Å². The maximum Gasteiger partial charge on any atom is 0.127 e. The fourth-order valence-electron chi connectivity index (χ4n) is 1.29. The molecule has 0 saturated carbocycles. The first-order valence-corrected chi connectivity index (χ1v) is 4.44. The summed E-state index contributed by atoms with van der Waals surface area (Å²) in [6.07, 6.45) is 0. The van der Waals surface area contributed by atoms with Gasteiger partial charge in [0.25, 0.3) is 0 Å². The summed E-state index contributed by atoms with van der Waals surface area (Å²) in [6.45, 7) is 6.37. The summed E-state index contributed by atoms with van der Waals surface area (Å²) in [6, 6.07) is 5.21. The Balaban J connectivity index is 3.13. The topological polar surface area (TPSA) is 26.0 Å². The average Bonchev–Trinajstić information content (AvgIpc) is 2.01. The van der Waals surface area contributed by atoms with Crippen LogP contribution in [0.5, 0.6) is 0 Å². The summed E-state index contributed by atoms with van der Waals surface area (Å²) < 4.78 is 13.5. The Labute approximate surface area is 78.8 Å². The fourth-order valence-corrected chi connectivity index (χ4v) is 1.29. The zero-order chi connectivity index (χ0) is 10.1. The summed E-state index contributed by atoms with van der Waals surface area (Å²) in [5.41, 5.74) is 6.85. The van der Waals surface area contributed by atoms with Crippen molar-refractivity contribution < 1.29 is 4.39 Å². The highest BCUT2D eigenvalue weighted by Gasteiger charge is 2.17. The van der Waals surface area contributed by atoms with Crippen molar-refractivity contribution in [2.75, 3.05) is 0 Å². The zero-order valence-corrected chi connectivity index (χ0v) is 8.39. The van der Waals surface area contributed by atoms with E-state index in [1.165, 1.54) is 6.07 Å². The molecule has 2 N–H and O–H groups in total. The third-order valence-electron chi connectivity index (χ3n) is 2.08. The van der Waals surface area contributed by atoms with Gasteiger partial charge in [-0.3, -0.25) is 0 Å². The van der Waals surface area contributed by atoms with E-state index in [9.17, 15) is 4.39 Å². The molecule has 0 aliphatic heterocycles. The van der Waals surface area contributed by atoms with Gasteiger partial charge in [0.2, 0.25) is 0 Å². The van der Waals surface area contributed by atoms with Crippen LogP contribution in [0.15, 0.2) is 18.2 Å². The first kappa shape index (κ1) is 10.2. The highest BCUT2D eigenvalue weighted by Crippen LogP contribution is 2.25. The van der Waals surface area contributed by atoms with Crippen LogP contribution in [0.1, 0.15) is 31.9 Å². The predicted octanol–water partition coefficient (Wildman–Crippen LogP) is 2.58. The van der Waals surface area contributed by atoms with Gasteiger partial charge in [-0.05, 0) is 22.6 Å². The van der Waals surface area contributed by atoms with Gasteiger partial charge in [-0.1, -0.05) is 32.9 Å². The van der Waals surface area contributed by atoms with Crippen LogP contribution in [0.2, 0.25) is 0 Å². The molecule has 2 heteroatoms. The SMILES string of the molecule is CC(C)(C)c1ccc(CN)cc1[18F]. The van der Waals surface area contributed by atoms with E-state index < -0.39 is 0 Å². The second-order valence-electron chi connectivity index (χ2n) is 4.27. The number of halogens is 1. The number of nitrogens with two attached hydrogens (primary N) is 1. The Hall–Kier alpha value is -0.890. The lowest BCUT2D eigenvalue weighted by atomic mass is 9.86. The maximum atomic E-state index is 13.5. The summed E-state index contributed by atoms with van der Waals surface area (Å²) in [5.74, 6) is -0.157. The van der Waals surface area contributed by atoms with E-state index in [4.69, 9.17) is 5.73 Å². The molecule has 0 unspecified atom stereocenters. The second-order valence-corrected chi connectivity index (χ2v) is 4.27. The molecule has 13 heavy (non-hydrogen) atoms. The van der Waals surface area contributed by atoms with Crippen LogP contribution in [0.25, 0.3) is 0 Å². The Morgan fingerprint density at radius 1 is 1.31 bits per heavy atom. The highest BCUT2D eigenvalue weighted by molar-refractivity contribution is 5.29. The standard InChI is InChI=1S/C11H16FN/c1-11(2,3)9-5-4-8(7-13)6-10(9)12/h4-6H,7,13H2,1-3H3/i12-1. The highest BCUT2D eigenvalue weighted by atomic mass is 18.2. The van der Waals surface area contributed by atoms with Gasteiger partial charge in [-0.2, -0.15) is 0 Å². The molecule has 1 nitrogen and oxygen atoms in total. The molecule has 0 radical (unpaired) electrons. The molecular formula is C11H16FN. The maximum absolute atomic E-state index is 13.5. The molecule has 1 aromatic rings. The van der Waals surface area contributed by atoms with Crippen LogP contribution in [-0.4, -0.2) is 0 Å². The van der Waals surface area contributed by atoms with Crippen molar-refractivity contribution in [3.63, 3.8) is 0 Å². The number of benzene rings is 1. The van der Waals surface area contributed by atoms with E-state index in [2.05, 4.69) is 0 Å². The third kappa shape index (κ3) is 2.28. The Bertz CT molecular complexity index is 299. The Morgan fingerprint density at radius 3 is 2.31 bits per heavy atom. The first-order chi connectivity index (χ1) is 5.95. The Kier molecular flexibility index (Phi) is 2.71. The van der Waals surface area contributed by atoms with Crippen molar-refractivity contribution in [1.29, 1.82) is 0 Å². The lowest BCUT2D eigenvalue weighted by molar-refractivity contribution is 0.522. The van der Waals surface area contributed by atoms with Gasteiger partial charge >= 0.3 is 0 Å². The van der Waals surface area contributed by atoms with Crippen LogP contribution >= 0.6 is 0 Å². The third-order valence-corrected chi connectivity index (χ3v) is 2.08. The summed E-state index contributed by atoms with van der Waals surface area (Å²) in [7, 11) is 0. The van der Waals surface area contributed by atoms with Crippen molar-refractivity contribution in [3.8, 4) is 0 Å². The zero-order valence-electron chi connectivity index (χ0n) is 8.39. The molecule has 0 aliphatic rings. The smallest absolute Gasteiger partial charge is 0.127 e. The molecule has 1 aromatic carbocycles. The van der Waals surface area contributed by atoms with Crippen LogP contribution < -0.4 is 5.73 Å². The lowest BCUT2D eigenvalue weighted by Crippen LogP contribution is -2.14. The van der Waals surface area contributed by atoms with Gasteiger partial charge in [0.05, 0.1) is 0 Å². The van der Waals surface area contributed by atoms with Crippen LogP contribution in [0.3, 0.4) is 0 Å². The summed E-state index contributed by atoms with van der Waals surface area (Å²) in [4.78, 5) is 0. The van der Waals surface area contributed by atoms with Crippen LogP contribution in [0, 0.1) is 5.82 Å². The van der Waals surface area contributed by atoms with Gasteiger partial charge in [-0.15, -0.1) is 0 Å². The van der Waals surface area contributed by atoms with Crippen molar-refractivity contribution in [2.45, 2.75) is 32.7 Å². The first-order valence-electron chi connectivity index (χ1n) is 4.44. The van der Waals surface area contributed by atoms with E-state index in [0.717, 1.165) is 11.1 Å². The van der Waals surface area contributed by atoms with Crippen molar-refractivity contribution in [3.05, 3.63) is 35.1 Å². The van der Waals surface area contributed by atoms with Gasteiger partial charge in [-0.25, -0.2) is 4.39 Å². The minimum atomic E-state index is -0.157. The number of rotatable bonds is 1. The molecule has 72 valence electrons. The molecule has 0 fully saturated rings. The van der Waals surface area contributed by atoms with E-state index in [0.29, 0.717) is 6.54 Å². The number of hydrogen-bond acceptors (Lipinski definition) is 1. The van der Waals surface area contributed by atoms with Crippen LogP contribution in [0.4, 0.5) is 4.39 Å². The molecule has 1 rings (SSSR count). The molecular weight excluding hydrogens is 164 g/mol. The molecule has 0 atom stereocenters. The Morgan fingerprint density at radius 2 is 1.92 bits per heavy atom. The van der Waals surface area contributed by atoms with Crippen LogP contribution in [-0.2, 0) is 12.0 Å². The normalized spacial score (nSPS) is 11.8. The van der Waals surface area contributed by atoms with Crippen molar-refractivity contribution in [2.24, 2.45) is 5.73 Å². The molecule has 0 bridgehead atoms. The average molecular weight is 180 g/mol. The monoisotopic (exact) mass is 180 g/mol. The lowest BCUT2D eigenvalue weighted by Gasteiger charge is -2.19. The minimum absolute atomic E-state index is 0.142. The largest absolute Gasteiger partial charge is 0.326 e. The van der Waals surface area contributed by atoms with Gasteiger partial charge in [0.1, 0.15) is 5.82 Å². The molecule has 0 amide bonds. The number of hydrogen-bond donors (Lipinski definition) is 1. The second kappa shape index (κ2) is 3.46. The molecule has 0 aliphatic carbocycles. The molecule has 0 saturated heterocycles. The molecule has 0 spiro atoms. The van der Waals surface area contributed by atoms with Crippen molar-refractivity contribution >= 4 is 0 Å². The van der Waals surface area contributed by atoms with E-state index >= 15 is 0 Å².